The highest BCUT2D eigenvalue weighted by Crippen LogP contribution is 2.35. The summed E-state index contributed by atoms with van der Waals surface area (Å²) >= 11 is 0. The lowest BCUT2D eigenvalue weighted by molar-refractivity contribution is 0.590. The zero-order valence-corrected chi connectivity index (χ0v) is 21.9. The van der Waals surface area contributed by atoms with Crippen LogP contribution in [0.3, 0.4) is 0 Å². The largest absolute Gasteiger partial charge is 0.311 e. The number of anilines is 3. The van der Waals surface area contributed by atoms with Crippen molar-refractivity contribution in [3.8, 4) is 0 Å². The van der Waals surface area contributed by atoms with Crippen molar-refractivity contribution < 1.29 is 0 Å². The topological polar surface area (TPSA) is 3.24 Å². The van der Waals surface area contributed by atoms with Crippen LogP contribution in [-0.4, -0.2) is 0 Å². The lowest BCUT2D eigenvalue weighted by atomic mass is 9.87. The molecule has 1 heteroatoms. The van der Waals surface area contributed by atoms with Crippen molar-refractivity contribution in [3.05, 3.63) is 125 Å². The van der Waals surface area contributed by atoms with Crippen LogP contribution in [0, 0.1) is 0 Å². The Morgan fingerprint density at radius 1 is 0.429 bits per heavy atom. The molecule has 0 spiro atoms. The molecule has 0 aromatic heterocycles. The van der Waals surface area contributed by atoms with Gasteiger partial charge in [-0.2, -0.15) is 0 Å². The van der Waals surface area contributed by atoms with Gasteiger partial charge in [0.15, 0.2) is 0 Å². The molecule has 0 bridgehead atoms. The third kappa shape index (κ3) is 6.11. The van der Waals surface area contributed by atoms with Crippen LogP contribution in [-0.2, 0) is 10.8 Å². The van der Waals surface area contributed by atoms with Crippen molar-refractivity contribution in [1.82, 2.24) is 0 Å². The van der Waals surface area contributed by atoms with Gasteiger partial charge in [0.25, 0.3) is 0 Å². The average molecular weight is 460 g/mol. The number of nitrogens with zero attached hydrogens (tertiary/aromatic N) is 1. The molecule has 0 saturated heterocycles. The molecule has 178 valence electrons. The van der Waals surface area contributed by atoms with E-state index in [4.69, 9.17) is 0 Å². The van der Waals surface area contributed by atoms with Gasteiger partial charge < -0.3 is 4.90 Å². The van der Waals surface area contributed by atoms with Gasteiger partial charge in [-0.25, -0.2) is 0 Å². The number of benzene rings is 4. The second kappa shape index (κ2) is 9.96. The van der Waals surface area contributed by atoms with Crippen LogP contribution in [0.15, 0.2) is 103 Å². The molecule has 4 aromatic rings. The summed E-state index contributed by atoms with van der Waals surface area (Å²) in [5.41, 5.74) is 8.86. The Morgan fingerprint density at radius 2 is 0.771 bits per heavy atom. The molecular weight excluding hydrogens is 422 g/mol. The van der Waals surface area contributed by atoms with Crippen molar-refractivity contribution in [3.63, 3.8) is 0 Å². The molecule has 35 heavy (non-hydrogen) atoms. The smallest absolute Gasteiger partial charge is 0.0462 e. The van der Waals surface area contributed by atoms with E-state index in [9.17, 15) is 0 Å². The summed E-state index contributed by atoms with van der Waals surface area (Å²) in [7, 11) is 0. The van der Waals surface area contributed by atoms with Crippen LogP contribution in [0.2, 0.25) is 0 Å². The number of hydrogen-bond donors (Lipinski definition) is 0. The minimum atomic E-state index is 0.136. The molecule has 0 radical (unpaired) electrons. The predicted octanol–water partition coefficient (Wildman–Crippen LogP) is 9.92. The van der Waals surface area contributed by atoms with E-state index in [0.717, 1.165) is 17.1 Å². The van der Waals surface area contributed by atoms with Gasteiger partial charge in [-0.3, -0.25) is 0 Å². The summed E-state index contributed by atoms with van der Waals surface area (Å²) in [6.45, 7) is 13.5. The Kier molecular flexibility index (Phi) is 6.98. The molecule has 0 aliphatic carbocycles. The summed E-state index contributed by atoms with van der Waals surface area (Å²) in [6, 6.07) is 37.1. The fourth-order valence-electron chi connectivity index (χ4n) is 4.16. The molecule has 0 aliphatic heterocycles. The van der Waals surface area contributed by atoms with Gasteiger partial charge in [0, 0.05) is 17.1 Å². The second-order valence-electron chi connectivity index (χ2n) is 11.3. The van der Waals surface area contributed by atoms with Gasteiger partial charge in [-0.15, -0.1) is 0 Å². The van der Waals surface area contributed by atoms with E-state index < -0.39 is 0 Å². The Labute approximate surface area is 211 Å². The van der Waals surface area contributed by atoms with Gasteiger partial charge in [-0.1, -0.05) is 120 Å². The van der Waals surface area contributed by atoms with E-state index in [-0.39, 0.29) is 10.8 Å². The van der Waals surface area contributed by atoms with Crippen LogP contribution in [0.5, 0.6) is 0 Å². The third-order valence-electron chi connectivity index (χ3n) is 6.40. The van der Waals surface area contributed by atoms with Crippen molar-refractivity contribution in [2.75, 3.05) is 4.90 Å². The van der Waals surface area contributed by atoms with E-state index in [1.807, 2.05) is 0 Å². The molecule has 0 heterocycles. The van der Waals surface area contributed by atoms with E-state index in [0.29, 0.717) is 0 Å². The Morgan fingerprint density at radius 3 is 1.20 bits per heavy atom. The van der Waals surface area contributed by atoms with Gasteiger partial charge in [0.2, 0.25) is 0 Å². The van der Waals surface area contributed by atoms with Gasteiger partial charge in [0.05, 0.1) is 0 Å². The molecule has 0 aliphatic rings. The Bertz CT molecular complexity index is 1250. The minimum Gasteiger partial charge on any atom is -0.311 e. The maximum Gasteiger partial charge on any atom is 0.0462 e. The first-order valence-electron chi connectivity index (χ1n) is 12.5. The predicted molar refractivity (Wildman–Crippen MR) is 154 cm³/mol. The van der Waals surface area contributed by atoms with Crippen molar-refractivity contribution in [2.45, 2.75) is 52.4 Å². The van der Waals surface area contributed by atoms with E-state index in [1.54, 1.807) is 0 Å². The lowest BCUT2D eigenvalue weighted by Gasteiger charge is -2.27. The van der Waals surface area contributed by atoms with Gasteiger partial charge in [-0.05, 0) is 69.5 Å². The van der Waals surface area contributed by atoms with Crippen molar-refractivity contribution in [2.24, 2.45) is 0 Å². The number of para-hydroxylation sites is 1. The van der Waals surface area contributed by atoms with E-state index in [2.05, 4.69) is 162 Å². The normalized spacial score (nSPS) is 12.2. The fraction of sp³-hybridized carbons (Fsp3) is 0.235. The molecule has 0 amide bonds. The zero-order chi connectivity index (χ0) is 25.1. The molecular formula is C34H37N. The highest BCUT2D eigenvalue weighted by Gasteiger charge is 2.16. The summed E-state index contributed by atoms with van der Waals surface area (Å²) in [6.07, 6.45) is 4.36. The summed E-state index contributed by atoms with van der Waals surface area (Å²) in [5, 5.41) is 0. The van der Waals surface area contributed by atoms with E-state index >= 15 is 0 Å². The third-order valence-corrected chi connectivity index (χ3v) is 6.40. The molecule has 0 saturated carbocycles. The van der Waals surface area contributed by atoms with Crippen LogP contribution in [0.4, 0.5) is 17.1 Å². The SMILES string of the molecule is CC(C)(C)c1ccc(/C=C\c2ccc(N(c3ccccc3)c3ccc(C(C)(C)C)cc3)cc2)cc1. The summed E-state index contributed by atoms with van der Waals surface area (Å²) < 4.78 is 0. The first kappa shape index (κ1) is 24.5. The van der Waals surface area contributed by atoms with Crippen LogP contribution in [0.1, 0.15) is 63.8 Å². The highest BCUT2D eigenvalue weighted by atomic mass is 15.1. The Balaban J connectivity index is 1.59. The summed E-state index contributed by atoms with van der Waals surface area (Å²) in [5.74, 6) is 0. The molecule has 0 fully saturated rings. The molecule has 4 aromatic carbocycles. The second-order valence-corrected chi connectivity index (χ2v) is 11.3. The molecule has 0 N–H and O–H groups in total. The van der Waals surface area contributed by atoms with Crippen LogP contribution >= 0.6 is 0 Å². The standard InChI is InChI=1S/C34H37N/c1-33(2,3)28-18-14-26(15-19-28)12-13-27-16-22-31(23-17-27)35(30-10-8-7-9-11-30)32-24-20-29(21-25-32)34(4,5)6/h7-25H,1-6H3/b13-12-. The molecule has 0 unspecified atom stereocenters. The van der Waals surface area contributed by atoms with Crippen molar-refractivity contribution >= 4 is 29.2 Å². The van der Waals surface area contributed by atoms with Gasteiger partial charge >= 0.3 is 0 Å². The van der Waals surface area contributed by atoms with Crippen molar-refractivity contribution in [1.29, 1.82) is 0 Å². The first-order valence-corrected chi connectivity index (χ1v) is 12.5. The molecule has 4 rings (SSSR count). The fourth-order valence-corrected chi connectivity index (χ4v) is 4.16. The molecule has 0 atom stereocenters. The maximum atomic E-state index is 2.31. The maximum absolute atomic E-state index is 2.31. The lowest BCUT2D eigenvalue weighted by Crippen LogP contribution is -2.13. The monoisotopic (exact) mass is 459 g/mol. The van der Waals surface area contributed by atoms with Gasteiger partial charge in [0.1, 0.15) is 0 Å². The zero-order valence-electron chi connectivity index (χ0n) is 21.9. The van der Waals surface area contributed by atoms with Crippen LogP contribution in [0.25, 0.3) is 12.2 Å². The number of rotatable bonds is 5. The highest BCUT2D eigenvalue weighted by molar-refractivity contribution is 5.78. The molecule has 1 nitrogen and oxygen atoms in total. The first-order chi connectivity index (χ1) is 16.6. The van der Waals surface area contributed by atoms with E-state index in [1.165, 1.54) is 22.3 Å². The Hall–Kier alpha value is -3.58. The average Bonchev–Trinajstić information content (AvgIpc) is 2.84. The van der Waals surface area contributed by atoms with Crippen LogP contribution < -0.4 is 4.90 Å². The quantitative estimate of drug-likeness (QED) is 0.268. The minimum absolute atomic E-state index is 0.136. The number of hydrogen-bond acceptors (Lipinski definition) is 1. The summed E-state index contributed by atoms with van der Waals surface area (Å²) in [4.78, 5) is 2.31.